The Bertz CT molecular complexity index is 887. The van der Waals surface area contributed by atoms with E-state index in [0.29, 0.717) is 17.5 Å². The van der Waals surface area contributed by atoms with Crippen LogP contribution in [0.5, 0.6) is 0 Å². The molecule has 0 aliphatic carbocycles. The van der Waals surface area contributed by atoms with Gasteiger partial charge in [0.1, 0.15) is 0 Å². The first-order chi connectivity index (χ1) is 13.8. The number of nitrogens with one attached hydrogen (secondary N) is 2. The molecular weight excluding hydrogens is 511 g/mol. The molecule has 30 heavy (non-hydrogen) atoms. The van der Waals surface area contributed by atoms with Gasteiger partial charge in [-0.2, -0.15) is 0 Å². The molecule has 1 atom stereocenters. The van der Waals surface area contributed by atoms with Gasteiger partial charge in [-0.05, 0) is 43.7 Å². The van der Waals surface area contributed by atoms with Crippen LogP contribution in [0, 0.1) is 0 Å². The van der Waals surface area contributed by atoms with Gasteiger partial charge < -0.3 is 10.6 Å². The van der Waals surface area contributed by atoms with Gasteiger partial charge in [0.05, 0.1) is 4.90 Å². The Morgan fingerprint density at radius 3 is 2.23 bits per heavy atom. The highest BCUT2D eigenvalue weighted by atomic mass is 127. The Labute approximate surface area is 198 Å². The van der Waals surface area contributed by atoms with Crippen LogP contribution in [-0.4, -0.2) is 58.8 Å². The lowest BCUT2D eigenvalue weighted by atomic mass is 10.1. The highest BCUT2D eigenvalue weighted by molar-refractivity contribution is 14.0. The summed E-state index contributed by atoms with van der Waals surface area (Å²) in [7, 11) is 0.730. The van der Waals surface area contributed by atoms with E-state index in [2.05, 4.69) is 58.8 Å². The number of likely N-dealkylation sites (N-methyl/N-ethyl adjacent to an activating group) is 1. The standard InChI is InChI=1S/C22H32N4O2S.HI/c1-18(26(3)17-20-8-6-5-7-9-20)16-25-22(23-2)24-15-14-19-10-12-21(13-11-19)29(4,27)28;/h5-13,18H,14-17H2,1-4H3,(H2,23,24,25);1H. The van der Waals surface area contributed by atoms with Crippen molar-refractivity contribution in [1.82, 2.24) is 15.5 Å². The molecule has 2 aromatic rings. The molecule has 0 saturated carbocycles. The van der Waals surface area contributed by atoms with Crippen LogP contribution in [0.2, 0.25) is 0 Å². The second kappa shape index (κ2) is 12.9. The molecule has 0 heterocycles. The molecule has 0 saturated heterocycles. The molecule has 0 aliphatic rings. The smallest absolute Gasteiger partial charge is 0.191 e. The third-order valence-electron chi connectivity index (χ3n) is 4.87. The largest absolute Gasteiger partial charge is 0.356 e. The van der Waals surface area contributed by atoms with Gasteiger partial charge in [0.15, 0.2) is 15.8 Å². The van der Waals surface area contributed by atoms with E-state index in [-0.39, 0.29) is 24.0 Å². The van der Waals surface area contributed by atoms with Gasteiger partial charge in [0.25, 0.3) is 0 Å². The third kappa shape index (κ3) is 9.01. The summed E-state index contributed by atoms with van der Waals surface area (Å²) in [5.74, 6) is 0.762. The zero-order valence-electron chi connectivity index (χ0n) is 18.1. The molecule has 6 nitrogen and oxygen atoms in total. The highest BCUT2D eigenvalue weighted by Gasteiger charge is 2.10. The number of guanidine groups is 1. The van der Waals surface area contributed by atoms with Crippen molar-refractivity contribution in [1.29, 1.82) is 0 Å². The Hall–Kier alpha value is -1.65. The highest BCUT2D eigenvalue weighted by Crippen LogP contribution is 2.10. The molecule has 0 aromatic heterocycles. The van der Waals surface area contributed by atoms with Gasteiger partial charge in [-0.3, -0.25) is 9.89 Å². The van der Waals surface area contributed by atoms with E-state index in [1.165, 1.54) is 11.8 Å². The number of hydrogen-bond acceptors (Lipinski definition) is 4. The van der Waals surface area contributed by atoms with E-state index in [4.69, 9.17) is 0 Å². The van der Waals surface area contributed by atoms with Crippen molar-refractivity contribution >= 4 is 39.8 Å². The van der Waals surface area contributed by atoms with Crippen molar-refractivity contribution in [3.63, 3.8) is 0 Å². The molecule has 2 aromatic carbocycles. The maximum atomic E-state index is 11.5. The van der Waals surface area contributed by atoms with Gasteiger partial charge >= 0.3 is 0 Å². The second-order valence-corrected chi connectivity index (χ2v) is 9.31. The van der Waals surface area contributed by atoms with E-state index in [1.54, 1.807) is 19.2 Å². The molecule has 1 unspecified atom stereocenters. The fraction of sp³-hybridized carbons (Fsp3) is 0.409. The zero-order valence-corrected chi connectivity index (χ0v) is 21.3. The molecule has 0 amide bonds. The van der Waals surface area contributed by atoms with Crippen LogP contribution in [-0.2, 0) is 22.8 Å². The summed E-state index contributed by atoms with van der Waals surface area (Å²) in [6.07, 6.45) is 2.01. The van der Waals surface area contributed by atoms with Crippen LogP contribution in [0.15, 0.2) is 64.5 Å². The number of rotatable bonds is 9. The minimum absolute atomic E-state index is 0. The molecule has 0 bridgehead atoms. The molecule has 2 rings (SSSR count). The van der Waals surface area contributed by atoms with Gasteiger partial charge in [0.2, 0.25) is 0 Å². The van der Waals surface area contributed by atoms with Crippen molar-refractivity contribution in [2.75, 3.05) is 33.4 Å². The summed E-state index contributed by atoms with van der Waals surface area (Å²) in [6.45, 7) is 4.59. The Morgan fingerprint density at radius 1 is 1.03 bits per heavy atom. The average molecular weight is 545 g/mol. The Balaban J connectivity index is 0.00000450. The van der Waals surface area contributed by atoms with Crippen molar-refractivity contribution < 1.29 is 8.42 Å². The fourth-order valence-electron chi connectivity index (χ4n) is 2.88. The SMILES string of the molecule is CN=C(NCCc1ccc(S(C)(=O)=O)cc1)NCC(C)N(C)Cc1ccccc1.I. The van der Waals surface area contributed by atoms with Crippen LogP contribution < -0.4 is 10.6 Å². The Morgan fingerprint density at radius 2 is 1.67 bits per heavy atom. The summed E-state index contributed by atoms with van der Waals surface area (Å²) in [6, 6.07) is 17.8. The summed E-state index contributed by atoms with van der Waals surface area (Å²) < 4.78 is 23.0. The number of halogens is 1. The lowest BCUT2D eigenvalue weighted by Crippen LogP contribution is -2.45. The minimum atomic E-state index is -3.15. The van der Waals surface area contributed by atoms with Crippen molar-refractivity contribution in [3.8, 4) is 0 Å². The van der Waals surface area contributed by atoms with Crippen molar-refractivity contribution in [2.45, 2.75) is 30.8 Å². The molecule has 8 heteroatoms. The van der Waals surface area contributed by atoms with E-state index in [1.807, 2.05) is 18.2 Å². The summed E-state index contributed by atoms with van der Waals surface area (Å²) in [5, 5.41) is 6.68. The lowest BCUT2D eigenvalue weighted by Gasteiger charge is -2.25. The molecule has 166 valence electrons. The number of hydrogen-bond donors (Lipinski definition) is 2. The van der Waals surface area contributed by atoms with Gasteiger partial charge in [-0.15, -0.1) is 24.0 Å². The summed E-state index contributed by atoms with van der Waals surface area (Å²) >= 11 is 0. The number of benzene rings is 2. The average Bonchev–Trinajstić information content (AvgIpc) is 2.70. The van der Waals surface area contributed by atoms with Crippen LogP contribution in [0.1, 0.15) is 18.1 Å². The van der Waals surface area contributed by atoms with E-state index in [9.17, 15) is 8.42 Å². The minimum Gasteiger partial charge on any atom is -0.356 e. The van der Waals surface area contributed by atoms with Crippen LogP contribution in [0.4, 0.5) is 0 Å². The van der Waals surface area contributed by atoms with Crippen molar-refractivity contribution in [3.05, 3.63) is 65.7 Å². The monoisotopic (exact) mass is 544 g/mol. The molecule has 0 aliphatic heterocycles. The lowest BCUT2D eigenvalue weighted by molar-refractivity contribution is 0.249. The first kappa shape index (κ1) is 26.4. The third-order valence-corrected chi connectivity index (χ3v) is 6.00. The van der Waals surface area contributed by atoms with Crippen LogP contribution >= 0.6 is 24.0 Å². The normalized spacial score (nSPS) is 12.9. The zero-order chi connectivity index (χ0) is 21.3. The maximum absolute atomic E-state index is 11.5. The maximum Gasteiger partial charge on any atom is 0.191 e. The number of nitrogens with zero attached hydrogens (tertiary/aromatic N) is 2. The van der Waals surface area contributed by atoms with Crippen LogP contribution in [0.3, 0.4) is 0 Å². The van der Waals surface area contributed by atoms with Gasteiger partial charge in [-0.25, -0.2) is 8.42 Å². The van der Waals surface area contributed by atoms with Gasteiger partial charge in [-0.1, -0.05) is 42.5 Å². The summed E-state index contributed by atoms with van der Waals surface area (Å²) in [4.78, 5) is 6.93. The fourth-order valence-corrected chi connectivity index (χ4v) is 3.51. The molecule has 0 spiro atoms. The van der Waals surface area contributed by atoms with E-state index < -0.39 is 9.84 Å². The van der Waals surface area contributed by atoms with E-state index >= 15 is 0 Å². The first-order valence-corrected chi connectivity index (χ1v) is 11.7. The molecule has 0 fully saturated rings. The van der Waals surface area contributed by atoms with Crippen molar-refractivity contribution in [2.24, 2.45) is 4.99 Å². The number of aliphatic imine (C=N–C) groups is 1. The van der Waals surface area contributed by atoms with Gasteiger partial charge in [0, 0.05) is 39.0 Å². The van der Waals surface area contributed by atoms with E-state index in [0.717, 1.165) is 31.0 Å². The predicted octanol–water partition coefficient (Wildman–Crippen LogP) is 2.94. The summed E-state index contributed by atoms with van der Waals surface area (Å²) in [5.41, 5.74) is 2.38. The Kier molecular flexibility index (Phi) is 11.4. The molecule has 0 radical (unpaired) electrons. The predicted molar refractivity (Wildman–Crippen MR) is 135 cm³/mol. The topological polar surface area (TPSA) is 73.8 Å². The first-order valence-electron chi connectivity index (χ1n) is 9.77. The molecular formula is C22H33IN4O2S. The second-order valence-electron chi connectivity index (χ2n) is 7.30. The number of sulfone groups is 1. The molecule has 2 N–H and O–H groups in total. The quantitative estimate of drug-likeness (QED) is 0.289. The van der Waals surface area contributed by atoms with Crippen LogP contribution in [0.25, 0.3) is 0 Å².